The molecule has 1 heterocycles. The standard InChI is InChI=1S/C11H14FN/c1-11(2)7-6-8-9(12)4-3-5-10(8)13-11/h3-5,13H,6-7H2,1-2H3. The molecule has 0 radical (unpaired) electrons. The maximum Gasteiger partial charge on any atom is 0.128 e. The summed E-state index contributed by atoms with van der Waals surface area (Å²) >= 11 is 0. The van der Waals surface area contributed by atoms with Crippen LogP contribution in [0.1, 0.15) is 25.8 Å². The summed E-state index contributed by atoms with van der Waals surface area (Å²) in [7, 11) is 0. The minimum Gasteiger partial charge on any atom is -0.380 e. The Kier molecular flexibility index (Phi) is 1.79. The van der Waals surface area contributed by atoms with E-state index in [-0.39, 0.29) is 11.4 Å². The maximum atomic E-state index is 13.3. The Morgan fingerprint density at radius 3 is 2.92 bits per heavy atom. The van der Waals surface area contributed by atoms with Crippen molar-refractivity contribution in [1.29, 1.82) is 0 Å². The molecule has 1 aliphatic heterocycles. The van der Waals surface area contributed by atoms with Gasteiger partial charge in [0.15, 0.2) is 0 Å². The van der Waals surface area contributed by atoms with Crippen molar-refractivity contribution in [2.75, 3.05) is 5.32 Å². The molecule has 0 saturated heterocycles. The molecule has 1 N–H and O–H groups in total. The molecule has 13 heavy (non-hydrogen) atoms. The monoisotopic (exact) mass is 179 g/mol. The van der Waals surface area contributed by atoms with Crippen molar-refractivity contribution < 1.29 is 4.39 Å². The molecule has 2 rings (SSSR count). The number of rotatable bonds is 0. The van der Waals surface area contributed by atoms with Crippen molar-refractivity contribution in [2.45, 2.75) is 32.2 Å². The highest BCUT2D eigenvalue weighted by Crippen LogP contribution is 2.31. The number of halogens is 1. The van der Waals surface area contributed by atoms with Gasteiger partial charge in [0, 0.05) is 16.8 Å². The molecule has 0 atom stereocenters. The fourth-order valence-electron chi connectivity index (χ4n) is 1.79. The van der Waals surface area contributed by atoms with Crippen LogP contribution in [0.25, 0.3) is 0 Å². The summed E-state index contributed by atoms with van der Waals surface area (Å²) in [6, 6.07) is 5.22. The van der Waals surface area contributed by atoms with Crippen LogP contribution in [0.2, 0.25) is 0 Å². The lowest BCUT2D eigenvalue weighted by molar-refractivity contribution is 0.488. The first-order valence-electron chi connectivity index (χ1n) is 4.64. The summed E-state index contributed by atoms with van der Waals surface area (Å²) in [5, 5.41) is 3.34. The fraction of sp³-hybridized carbons (Fsp3) is 0.455. The average molecular weight is 179 g/mol. The van der Waals surface area contributed by atoms with E-state index in [4.69, 9.17) is 0 Å². The third kappa shape index (κ3) is 1.53. The first-order chi connectivity index (χ1) is 6.08. The number of hydrogen-bond acceptors (Lipinski definition) is 1. The largest absolute Gasteiger partial charge is 0.380 e. The lowest BCUT2D eigenvalue weighted by atomic mass is 9.89. The molecule has 0 spiro atoms. The molecular weight excluding hydrogens is 165 g/mol. The second kappa shape index (κ2) is 2.72. The van der Waals surface area contributed by atoms with E-state index >= 15 is 0 Å². The van der Waals surface area contributed by atoms with Gasteiger partial charge in [-0.15, -0.1) is 0 Å². The van der Waals surface area contributed by atoms with Crippen molar-refractivity contribution in [1.82, 2.24) is 0 Å². The van der Waals surface area contributed by atoms with Crippen LogP contribution in [0.3, 0.4) is 0 Å². The molecule has 70 valence electrons. The highest BCUT2D eigenvalue weighted by atomic mass is 19.1. The van der Waals surface area contributed by atoms with Gasteiger partial charge >= 0.3 is 0 Å². The summed E-state index contributed by atoms with van der Waals surface area (Å²) in [6.45, 7) is 4.28. The number of hydrogen-bond donors (Lipinski definition) is 1. The minimum atomic E-state index is -0.0829. The van der Waals surface area contributed by atoms with E-state index in [1.54, 1.807) is 6.07 Å². The normalized spacial score (nSPS) is 19.0. The van der Waals surface area contributed by atoms with Gasteiger partial charge in [-0.1, -0.05) is 6.07 Å². The van der Waals surface area contributed by atoms with Crippen molar-refractivity contribution in [3.63, 3.8) is 0 Å². The van der Waals surface area contributed by atoms with Gasteiger partial charge < -0.3 is 5.32 Å². The van der Waals surface area contributed by atoms with E-state index in [0.29, 0.717) is 0 Å². The van der Waals surface area contributed by atoms with Crippen molar-refractivity contribution in [2.24, 2.45) is 0 Å². The Balaban J connectivity index is 2.42. The molecule has 0 saturated carbocycles. The predicted octanol–water partition coefficient (Wildman–Crippen LogP) is 2.96. The van der Waals surface area contributed by atoms with E-state index in [2.05, 4.69) is 19.2 Å². The fourth-order valence-corrected chi connectivity index (χ4v) is 1.79. The number of nitrogens with one attached hydrogen (secondary N) is 1. The van der Waals surface area contributed by atoms with Crippen LogP contribution in [0.4, 0.5) is 10.1 Å². The zero-order chi connectivity index (χ0) is 9.47. The molecule has 0 aromatic heterocycles. The van der Waals surface area contributed by atoms with Gasteiger partial charge in [-0.05, 0) is 38.8 Å². The number of benzene rings is 1. The van der Waals surface area contributed by atoms with Gasteiger partial charge in [-0.3, -0.25) is 0 Å². The first kappa shape index (κ1) is 8.54. The molecule has 1 aromatic rings. The lowest BCUT2D eigenvalue weighted by Crippen LogP contribution is -2.35. The third-order valence-corrected chi connectivity index (χ3v) is 2.59. The van der Waals surface area contributed by atoms with Crippen LogP contribution in [0, 0.1) is 5.82 Å². The summed E-state index contributed by atoms with van der Waals surface area (Å²) in [5.74, 6) is -0.0829. The molecule has 0 unspecified atom stereocenters. The van der Waals surface area contributed by atoms with Crippen LogP contribution in [0.15, 0.2) is 18.2 Å². The Bertz CT molecular complexity index is 331. The molecular formula is C11H14FN. The molecule has 1 nitrogen and oxygen atoms in total. The van der Waals surface area contributed by atoms with E-state index in [9.17, 15) is 4.39 Å². The van der Waals surface area contributed by atoms with Gasteiger partial charge in [0.25, 0.3) is 0 Å². The van der Waals surface area contributed by atoms with Crippen molar-refractivity contribution in [3.05, 3.63) is 29.6 Å². The Labute approximate surface area is 78.0 Å². The summed E-state index contributed by atoms with van der Waals surface area (Å²) < 4.78 is 13.3. The van der Waals surface area contributed by atoms with Crippen LogP contribution < -0.4 is 5.32 Å². The zero-order valence-electron chi connectivity index (χ0n) is 8.02. The van der Waals surface area contributed by atoms with E-state index in [0.717, 1.165) is 24.1 Å². The van der Waals surface area contributed by atoms with E-state index in [1.165, 1.54) is 6.07 Å². The molecule has 0 aliphatic carbocycles. The molecule has 0 fully saturated rings. The SMILES string of the molecule is CC1(C)CCc2c(F)cccc2N1. The van der Waals surface area contributed by atoms with Gasteiger partial charge in [0.2, 0.25) is 0 Å². The first-order valence-corrected chi connectivity index (χ1v) is 4.64. The third-order valence-electron chi connectivity index (χ3n) is 2.59. The Hall–Kier alpha value is -1.05. The average Bonchev–Trinajstić information content (AvgIpc) is 2.02. The Morgan fingerprint density at radius 1 is 1.38 bits per heavy atom. The smallest absolute Gasteiger partial charge is 0.128 e. The topological polar surface area (TPSA) is 12.0 Å². The van der Waals surface area contributed by atoms with Gasteiger partial charge in [0.1, 0.15) is 5.82 Å². The van der Waals surface area contributed by atoms with Crippen molar-refractivity contribution in [3.8, 4) is 0 Å². The highest BCUT2D eigenvalue weighted by Gasteiger charge is 2.25. The quantitative estimate of drug-likeness (QED) is 0.645. The predicted molar refractivity (Wildman–Crippen MR) is 52.4 cm³/mol. The maximum absolute atomic E-state index is 13.3. The molecule has 2 heteroatoms. The number of anilines is 1. The molecule has 1 aromatic carbocycles. The van der Waals surface area contributed by atoms with E-state index < -0.39 is 0 Å². The Morgan fingerprint density at radius 2 is 2.15 bits per heavy atom. The molecule has 0 bridgehead atoms. The number of fused-ring (bicyclic) bond motifs is 1. The van der Waals surface area contributed by atoms with Crippen LogP contribution in [0.5, 0.6) is 0 Å². The summed E-state index contributed by atoms with van der Waals surface area (Å²) in [5.41, 5.74) is 1.89. The molecule has 1 aliphatic rings. The van der Waals surface area contributed by atoms with Crippen LogP contribution in [-0.2, 0) is 6.42 Å². The highest BCUT2D eigenvalue weighted by molar-refractivity contribution is 5.55. The van der Waals surface area contributed by atoms with Gasteiger partial charge in [-0.25, -0.2) is 4.39 Å². The second-order valence-corrected chi connectivity index (χ2v) is 4.27. The van der Waals surface area contributed by atoms with Crippen molar-refractivity contribution >= 4 is 5.69 Å². The summed E-state index contributed by atoms with van der Waals surface area (Å²) in [6.07, 6.45) is 1.82. The summed E-state index contributed by atoms with van der Waals surface area (Å²) in [4.78, 5) is 0. The van der Waals surface area contributed by atoms with Crippen LogP contribution in [-0.4, -0.2) is 5.54 Å². The van der Waals surface area contributed by atoms with Gasteiger partial charge in [-0.2, -0.15) is 0 Å². The van der Waals surface area contributed by atoms with Crippen LogP contribution >= 0.6 is 0 Å². The van der Waals surface area contributed by atoms with Gasteiger partial charge in [0.05, 0.1) is 0 Å². The molecule has 0 amide bonds. The van der Waals surface area contributed by atoms with E-state index in [1.807, 2.05) is 6.07 Å². The lowest BCUT2D eigenvalue weighted by Gasteiger charge is -2.33. The minimum absolute atomic E-state index is 0.0829. The second-order valence-electron chi connectivity index (χ2n) is 4.27. The zero-order valence-corrected chi connectivity index (χ0v) is 8.02.